The van der Waals surface area contributed by atoms with E-state index >= 15 is 0 Å². The fourth-order valence-electron chi connectivity index (χ4n) is 2.93. The Kier molecular flexibility index (Phi) is 6.98. The summed E-state index contributed by atoms with van der Waals surface area (Å²) in [6.45, 7) is 3.83. The molecule has 1 unspecified atom stereocenters. The van der Waals surface area contributed by atoms with Crippen molar-refractivity contribution in [3.63, 3.8) is 0 Å². The fourth-order valence-corrected chi connectivity index (χ4v) is 2.93. The number of aromatic nitrogens is 1. The van der Waals surface area contributed by atoms with Crippen LogP contribution >= 0.6 is 0 Å². The molecule has 0 aliphatic rings. The molecule has 3 aromatic rings. The van der Waals surface area contributed by atoms with E-state index in [0.717, 1.165) is 11.1 Å². The van der Waals surface area contributed by atoms with Gasteiger partial charge >= 0.3 is 11.9 Å². The lowest BCUT2D eigenvalue weighted by Crippen LogP contribution is -2.26. The number of hydrogen-bond donors (Lipinski definition) is 1. The zero-order chi connectivity index (χ0) is 21.5. The first-order valence-electron chi connectivity index (χ1n) is 9.62. The van der Waals surface area contributed by atoms with E-state index in [2.05, 4.69) is 4.98 Å². The summed E-state index contributed by atoms with van der Waals surface area (Å²) in [5, 5.41) is 9.17. The molecule has 0 saturated heterocycles. The van der Waals surface area contributed by atoms with Crippen molar-refractivity contribution in [3.8, 4) is 17.2 Å². The fraction of sp³-hybridized carbons (Fsp3) is 0.261. The van der Waals surface area contributed by atoms with Crippen LogP contribution in [0.3, 0.4) is 0 Å². The average molecular weight is 409 g/mol. The van der Waals surface area contributed by atoms with Crippen molar-refractivity contribution in [1.29, 1.82) is 0 Å². The monoisotopic (exact) mass is 409 g/mol. The lowest BCUT2D eigenvalue weighted by molar-refractivity contribution is -0.150. The van der Waals surface area contributed by atoms with Crippen LogP contribution in [0.4, 0.5) is 0 Å². The molecule has 30 heavy (non-hydrogen) atoms. The molecule has 1 atom stereocenters. The van der Waals surface area contributed by atoms with E-state index in [4.69, 9.17) is 19.0 Å². The molecular formula is C23H23NO6. The number of carboxylic acid groups (broad SMARTS) is 1. The number of benzene rings is 2. The summed E-state index contributed by atoms with van der Waals surface area (Å²) < 4.78 is 16.3. The Labute approximate surface area is 174 Å². The highest BCUT2D eigenvalue weighted by Gasteiger charge is 2.19. The van der Waals surface area contributed by atoms with Gasteiger partial charge in [0.15, 0.2) is 6.10 Å². The molecule has 156 valence electrons. The van der Waals surface area contributed by atoms with Gasteiger partial charge in [-0.15, -0.1) is 0 Å². The van der Waals surface area contributed by atoms with Crippen LogP contribution in [0.25, 0.3) is 11.5 Å². The summed E-state index contributed by atoms with van der Waals surface area (Å²) in [5.74, 6) is -0.0718. The number of ether oxygens (including phenoxy) is 2. The van der Waals surface area contributed by atoms with Crippen LogP contribution in [0.2, 0.25) is 0 Å². The molecular weight excluding hydrogens is 386 g/mol. The van der Waals surface area contributed by atoms with Crippen LogP contribution in [0.5, 0.6) is 5.75 Å². The van der Waals surface area contributed by atoms with Crippen molar-refractivity contribution < 1.29 is 28.6 Å². The van der Waals surface area contributed by atoms with E-state index in [1.165, 1.54) is 0 Å². The zero-order valence-corrected chi connectivity index (χ0v) is 16.8. The molecule has 1 heterocycles. The van der Waals surface area contributed by atoms with E-state index in [1.807, 2.05) is 30.3 Å². The van der Waals surface area contributed by atoms with Crippen molar-refractivity contribution in [2.45, 2.75) is 32.8 Å². The van der Waals surface area contributed by atoms with E-state index in [0.29, 0.717) is 29.7 Å². The van der Waals surface area contributed by atoms with E-state index in [9.17, 15) is 9.59 Å². The van der Waals surface area contributed by atoms with E-state index in [-0.39, 0.29) is 12.8 Å². The summed E-state index contributed by atoms with van der Waals surface area (Å²) in [7, 11) is 0. The second-order valence-electron chi connectivity index (χ2n) is 6.67. The lowest BCUT2D eigenvalue weighted by Gasteiger charge is -2.12. The molecule has 0 spiro atoms. The van der Waals surface area contributed by atoms with Gasteiger partial charge in [-0.1, -0.05) is 30.3 Å². The topological polar surface area (TPSA) is 98.9 Å². The minimum absolute atomic E-state index is 0.0185. The highest BCUT2D eigenvalue weighted by atomic mass is 16.5. The molecule has 0 aliphatic heterocycles. The molecule has 0 radical (unpaired) electrons. The second-order valence-corrected chi connectivity index (χ2v) is 6.67. The number of oxazole rings is 1. The second kappa shape index (κ2) is 9.84. The van der Waals surface area contributed by atoms with Gasteiger partial charge in [0.2, 0.25) is 5.89 Å². The van der Waals surface area contributed by atoms with Crippen LogP contribution in [-0.4, -0.2) is 34.7 Å². The highest BCUT2D eigenvalue weighted by molar-refractivity contribution is 5.75. The van der Waals surface area contributed by atoms with Gasteiger partial charge in [0.1, 0.15) is 11.5 Å². The maximum Gasteiger partial charge on any atom is 0.333 e. The van der Waals surface area contributed by atoms with Gasteiger partial charge in [-0.05, 0) is 43.7 Å². The number of carboxylic acids is 1. The minimum Gasteiger partial charge on any atom is -0.479 e. The number of aryl methyl sites for hydroxylation is 1. The maximum atomic E-state index is 12.3. The van der Waals surface area contributed by atoms with Crippen molar-refractivity contribution in [1.82, 2.24) is 4.98 Å². The summed E-state index contributed by atoms with van der Waals surface area (Å²) in [6.07, 6.45) is -0.690. The largest absolute Gasteiger partial charge is 0.479 e. The third-order valence-corrected chi connectivity index (χ3v) is 4.44. The summed E-state index contributed by atoms with van der Waals surface area (Å²) in [4.78, 5) is 27.9. The zero-order valence-electron chi connectivity index (χ0n) is 16.8. The van der Waals surface area contributed by atoms with E-state index < -0.39 is 18.0 Å². The Bertz CT molecular complexity index is 994. The Morgan fingerprint density at radius 3 is 2.43 bits per heavy atom. The molecule has 0 amide bonds. The van der Waals surface area contributed by atoms with Gasteiger partial charge in [-0.2, -0.15) is 0 Å². The number of aliphatic carboxylic acids is 1. The standard InChI is InChI=1S/C23H23NO6/c1-3-28-20(23(26)27)13-16-9-11-18(12-10-16)30-21(25)14-19-15(2)29-22(24-19)17-7-5-4-6-8-17/h4-12,20H,3,13-14H2,1-2H3,(H,26,27). The van der Waals surface area contributed by atoms with Crippen LogP contribution < -0.4 is 4.74 Å². The number of carbonyl (C=O) groups is 2. The summed E-state index contributed by atoms with van der Waals surface area (Å²) in [5.41, 5.74) is 2.13. The van der Waals surface area contributed by atoms with Crippen molar-refractivity contribution in [2.24, 2.45) is 0 Å². The van der Waals surface area contributed by atoms with Crippen molar-refractivity contribution in [2.75, 3.05) is 6.61 Å². The molecule has 1 aromatic heterocycles. The third kappa shape index (κ3) is 5.55. The first kappa shape index (κ1) is 21.3. The molecule has 0 aliphatic carbocycles. The molecule has 2 aromatic carbocycles. The van der Waals surface area contributed by atoms with Crippen LogP contribution in [0, 0.1) is 6.92 Å². The molecule has 7 nitrogen and oxygen atoms in total. The predicted molar refractivity (Wildman–Crippen MR) is 109 cm³/mol. The van der Waals surface area contributed by atoms with Gasteiger partial charge in [-0.25, -0.2) is 9.78 Å². The quantitative estimate of drug-likeness (QED) is 0.423. The van der Waals surface area contributed by atoms with Gasteiger partial charge < -0.3 is 19.0 Å². The normalized spacial score (nSPS) is 11.8. The number of nitrogens with zero attached hydrogens (tertiary/aromatic N) is 1. The predicted octanol–water partition coefficient (Wildman–Crippen LogP) is 3.83. The maximum absolute atomic E-state index is 12.3. The minimum atomic E-state index is -1.01. The molecule has 7 heteroatoms. The SMILES string of the molecule is CCOC(Cc1ccc(OC(=O)Cc2nc(-c3ccccc3)oc2C)cc1)C(=O)O. The first-order chi connectivity index (χ1) is 14.5. The van der Waals surface area contributed by atoms with Crippen molar-refractivity contribution in [3.05, 3.63) is 71.6 Å². The Morgan fingerprint density at radius 1 is 1.10 bits per heavy atom. The van der Waals surface area contributed by atoms with Crippen molar-refractivity contribution >= 4 is 11.9 Å². The van der Waals surface area contributed by atoms with Crippen LogP contribution in [-0.2, 0) is 27.2 Å². The lowest BCUT2D eigenvalue weighted by atomic mass is 10.1. The molecule has 3 rings (SSSR count). The Morgan fingerprint density at radius 2 is 1.80 bits per heavy atom. The van der Waals surface area contributed by atoms with E-state index in [1.54, 1.807) is 38.1 Å². The van der Waals surface area contributed by atoms with Gasteiger partial charge in [0.05, 0.1) is 12.1 Å². The van der Waals surface area contributed by atoms with Gasteiger partial charge in [0, 0.05) is 18.6 Å². The van der Waals surface area contributed by atoms with Gasteiger partial charge in [0.25, 0.3) is 0 Å². The number of rotatable bonds is 9. The Balaban J connectivity index is 1.60. The molecule has 0 bridgehead atoms. The summed E-state index contributed by atoms with van der Waals surface area (Å²) in [6, 6.07) is 16.1. The number of carbonyl (C=O) groups excluding carboxylic acids is 1. The smallest absolute Gasteiger partial charge is 0.333 e. The average Bonchev–Trinajstić information content (AvgIpc) is 3.10. The molecule has 1 N–H and O–H groups in total. The number of esters is 1. The summed E-state index contributed by atoms with van der Waals surface area (Å²) >= 11 is 0. The van der Waals surface area contributed by atoms with Gasteiger partial charge in [-0.3, -0.25) is 4.79 Å². The first-order valence-corrected chi connectivity index (χ1v) is 9.62. The molecule has 0 saturated carbocycles. The highest BCUT2D eigenvalue weighted by Crippen LogP contribution is 2.22. The van der Waals surface area contributed by atoms with Crippen LogP contribution in [0.1, 0.15) is 23.9 Å². The molecule has 0 fully saturated rings. The Hall–Kier alpha value is -3.45. The number of hydrogen-bond acceptors (Lipinski definition) is 6. The third-order valence-electron chi connectivity index (χ3n) is 4.44. The van der Waals surface area contributed by atoms with Crippen LogP contribution in [0.15, 0.2) is 59.0 Å².